The molecule has 0 spiro atoms. The zero-order valence-corrected chi connectivity index (χ0v) is 20.0. The van der Waals surface area contributed by atoms with E-state index in [4.69, 9.17) is 4.74 Å². The van der Waals surface area contributed by atoms with Crippen LogP contribution in [0, 0.1) is 10.1 Å². The maximum Gasteiger partial charge on any atom is 0.325 e. The zero-order valence-electron chi connectivity index (χ0n) is 18.4. The number of nitro groups is 1. The van der Waals surface area contributed by atoms with E-state index in [-0.39, 0.29) is 16.3 Å². The lowest BCUT2D eigenvalue weighted by Gasteiger charge is -2.17. The first-order valence-electron chi connectivity index (χ1n) is 10.4. The Morgan fingerprint density at radius 1 is 0.943 bits per heavy atom. The summed E-state index contributed by atoms with van der Waals surface area (Å²) in [5, 5.41) is 10.8. The average molecular weight is 515 g/mol. The van der Waals surface area contributed by atoms with Crippen LogP contribution in [0.4, 0.5) is 5.69 Å². The molecule has 0 fully saturated rings. The summed E-state index contributed by atoms with van der Waals surface area (Å²) in [6.45, 7) is -0.540. The molecule has 182 valence electrons. The Bertz CT molecular complexity index is 1270. The van der Waals surface area contributed by atoms with Gasteiger partial charge in [0.2, 0.25) is 10.0 Å². The number of Topliss-reactive ketones (excluding diaryl/α,β-unsaturated/α-hetero) is 1. The number of thioether (sulfide) groups is 1. The fourth-order valence-electron chi connectivity index (χ4n) is 2.97. The van der Waals surface area contributed by atoms with Crippen molar-refractivity contribution in [3.05, 3.63) is 106 Å². The first-order chi connectivity index (χ1) is 16.8. The minimum absolute atomic E-state index is 0.0411. The van der Waals surface area contributed by atoms with Gasteiger partial charge >= 0.3 is 5.97 Å². The molecule has 9 nitrogen and oxygen atoms in total. The number of ketones is 1. The Balaban J connectivity index is 1.71. The predicted molar refractivity (Wildman–Crippen MR) is 132 cm³/mol. The second-order valence-corrected chi connectivity index (χ2v) is 10.1. The molecule has 0 aliphatic rings. The van der Waals surface area contributed by atoms with Crippen molar-refractivity contribution in [1.82, 2.24) is 4.72 Å². The van der Waals surface area contributed by atoms with Crippen LogP contribution in [0.5, 0.6) is 0 Å². The van der Waals surface area contributed by atoms with E-state index >= 15 is 0 Å². The van der Waals surface area contributed by atoms with E-state index < -0.39 is 39.3 Å². The lowest BCUT2D eigenvalue weighted by atomic mass is 10.1. The predicted octanol–water partition coefficient (Wildman–Crippen LogP) is 3.60. The monoisotopic (exact) mass is 514 g/mol. The molecule has 35 heavy (non-hydrogen) atoms. The third-order valence-electron chi connectivity index (χ3n) is 4.78. The van der Waals surface area contributed by atoms with Crippen LogP contribution in [0.2, 0.25) is 0 Å². The lowest BCUT2D eigenvalue weighted by Crippen LogP contribution is -2.44. The smallest absolute Gasteiger partial charge is 0.325 e. The Labute approximate surface area is 206 Å². The van der Waals surface area contributed by atoms with Crippen molar-refractivity contribution < 1.29 is 27.7 Å². The zero-order chi connectivity index (χ0) is 25.3. The highest BCUT2D eigenvalue weighted by Gasteiger charge is 2.28. The van der Waals surface area contributed by atoms with E-state index in [9.17, 15) is 28.1 Å². The van der Waals surface area contributed by atoms with Gasteiger partial charge in [0.1, 0.15) is 6.04 Å². The number of hydrogen-bond acceptors (Lipinski definition) is 8. The maximum absolute atomic E-state index is 12.9. The molecule has 0 heterocycles. The molecule has 0 saturated carbocycles. The van der Waals surface area contributed by atoms with Crippen molar-refractivity contribution in [2.75, 3.05) is 12.4 Å². The van der Waals surface area contributed by atoms with Gasteiger partial charge in [0, 0.05) is 29.2 Å². The summed E-state index contributed by atoms with van der Waals surface area (Å²) < 4.78 is 33.2. The molecule has 0 aromatic heterocycles. The topological polar surface area (TPSA) is 133 Å². The summed E-state index contributed by atoms with van der Waals surface area (Å²) in [7, 11) is -4.20. The summed E-state index contributed by atoms with van der Waals surface area (Å²) >= 11 is 1.31. The summed E-state index contributed by atoms with van der Waals surface area (Å²) in [6, 6.07) is 20.7. The average Bonchev–Trinajstić information content (AvgIpc) is 2.87. The fourth-order valence-corrected chi connectivity index (χ4v) is 5.26. The summed E-state index contributed by atoms with van der Waals surface area (Å²) in [6.07, 6.45) is 0. The molecule has 0 radical (unpaired) electrons. The lowest BCUT2D eigenvalue weighted by molar-refractivity contribution is -0.384. The van der Waals surface area contributed by atoms with Crippen LogP contribution in [0.1, 0.15) is 15.9 Å². The molecule has 0 aliphatic carbocycles. The molecule has 3 rings (SSSR count). The van der Waals surface area contributed by atoms with E-state index in [0.29, 0.717) is 11.3 Å². The van der Waals surface area contributed by atoms with Crippen molar-refractivity contribution in [2.45, 2.75) is 16.7 Å². The highest BCUT2D eigenvalue weighted by molar-refractivity contribution is 7.98. The maximum atomic E-state index is 12.9. The molecule has 3 aromatic carbocycles. The molecule has 1 N–H and O–H groups in total. The van der Waals surface area contributed by atoms with Gasteiger partial charge in [0.15, 0.2) is 12.4 Å². The van der Waals surface area contributed by atoms with Gasteiger partial charge in [0.05, 0.1) is 9.82 Å². The molecule has 0 aliphatic heterocycles. The number of rotatable bonds is 12. The number of carbonyl (C=O) groups is 2. The standard InChI is InChI=1S/C24H22N2O7S2/c27-23(19-9-5-2-6-10-19)15-33-24(28)22(17-34-16-18-7-3-1-4-8-18)25-35(31,32)21-13-11-20(12-14-21)26(29)30/h1-14,22,25H,15-17H2/t22-/m0/s1. The van der Waals surface area contributed by atoms with E-state index in [1.807, 2.05) is 30.3 Å². The number of nitrogens with one attached hydrogen (secondary N) is 1. The Hall–Kier alpha value is -3.54. The van der Waals surface area contributed by atoms with Crippen LogP contribution in [0.3, 0.4) is 0 Å². The van der Waals surface area contributed by atoms with Gasteiger partial charge in [-0.05, 0) is 17.7 Å². The van der Waals surface area contributed by atoms with Gasteiger partial charge in [-0.1, -0.05) is 60.7 Å². The highest BCUT2D eigenvalue weighted by atomic mass is 32.2. The number of nitrogens with zero attached hydrogens (tertiary/aromatic N) is 1. The van der Waals surface area contributed by atoms with Crippen LogP contribution >= 0.6 is 11.8 Å². The van der Waals surface area contributed by atoms with Gasteiger partial charge in [-0.2, -0.15) is 16.5 Å². The first kappa shape index (κ1) is 26.1. The molecular formula is C24H22N2O7S2. The van der Waals surface area contributed by atoms with E-state index in [1.54, 1.807) is 30.3 Å². The van der Waals surface area contributed by atoms with Gasteiger partial charge in [-0.25, -0.2) is 8.42 Å². The molecule has 3 aromatic rings. The van der Waals surface area contributed by atoms with Crippen LogP contribution in [0.25, 0.3) is 0 Å². The van der Waals surface area contributed by atoms with E-state index in [2.05, 4.69) is 4.72 Å². The molecule has 0 saturated heterocycles. The van der Waals surface area contributed by atoms with E-state index in [1.165, 1.54) is 11.8 Å². The Morgan fingerprint density at radius 3 is 2.14 bits per heavy atom. The number of hydrogen-bond donors (Lipinski definition) is 1. The SMILES string of the molecule is O=C(COC(=O)[C@H](CSCc1ccccc1)NS(=O)(=O)c1ccc([N+](=O)[O-])cc1)c1ccccc1. The third-order valence-corrected chi connectivity index (χ3v) is 7.37. The third kappa shape index (κ3) is 7.74. The number of esters is 1. The van der Waals surface area contributed by atoms with Crippen LogP contribution in [0.15, 0.2) is 89.8 Å². The van der Waals surface area contributed by atoms with Crippen molar-refractivity contribution >= 4 is 39.2 Å². The van der Waals surface area contributed by atoms with Crippen LogP contribution in [-0.2, 0) is 25.3 Å². The van der Waals surface area contributed by atoms with E-state index in [0.717, 1.165) is 29.8 Å². The number of benzene rings is 3. The molecule has 0 unspecified atom stereocenters. The number of ether oxygens (including phenoxy) is 1. The molecule has 1 atom stereocenters. The minimum atomic E-state index is -4.20. The van der Waals surface area contributed by atoms with Crippen molar-refractivity contribution in [3.63, 3.8) is 0 Å². The van der Waals surface area contributed by atoms with Crippen LogP contribution < -0.4 is 4.72 Å². The summed E-state index contributed by atoms with van der Waals surface area (Å²) in [5.74, 6) is -0.764. The van der Waals surface area contributed by atoms with Crippen LogP contribution in [-0.4, -0.2) is 43.5 Å². The van der Waals surface area contributed by atoms with Crippen molar-refractivity contribution in [1.29, 1.82) is 0 Å². The van der Waals surface area contributed by atoms with Crippen molar-refractivity contribution in [2.24, 2.45) is 0 Å². The van der Waals surface area contributed by atoms with Gasteiger partial charge in [-0.15, -0.1) is 0 Å². The fraction of sp³-hybridized carbons (Fsp3) is 0.167. The summed E-state index contributed by atoms with van der Waals surface area (Å²) in [5.41, 5.74) is 1.08. The first-order valence-corrected chi connectivity index (χ1v) is 13.0. The number of non-ortho nitro benzene ring substituents is 1. The Kier molecular flexibility index (Phi) is 9.12. The van der Waals surface area contributed by atoms with Gasteiger partial charge in [0.25, 0.3) is 5.69 Å². The summed E-state index contributed by atoms with van der Waals surface area (Å²) in [4.78, 5) is 35.0. The number of carbonyl (C=O) groups excluding carboxylic acids is 2. The second kappa shape index (κ2) is 12.2. The number of nitro benzene ring substituents is 1. The largest absolute Gasteiger partial charge is 0.456 e. The minimum Gasteiger partial charge on any atom is -0.456 e. The van der Waals surface area contributed by atoms with Crippen molar-refractivity contribution in [3.8, 4) is 0 Å². The molecular weight excluding hydrogens is 492 g/mol. The number of sulfonamides is 1. The Morgan fingerprint density at radius 2 is 1.54 bits per heavy atom. The molecule has 0 amide bonds. The molecule has 11 heteroatoms. The second-order valence-electron chi connectivity index (χ2n) is 7.32. The highest BCUT2D eigenvalue weighted by Crippen LogP contribution is 2.18. The normalized spacial score (nSPS) is 12.0. The quantitative estimate of drug-likeness (QED) is 0.168. The molecule has 0 bridgehead atoms. The van der Waals surface area contributed by atoms with Gasteiger partial charge in [-0.3, -0.25) is 19.7 Å². The van der Waals surface area contributed by atoms with Gasteiger partial charge < -0.3 is 4.74 Å².